The SMILES string of the molecule is CCOC(=O)[C@@H]1C(=O)NC(N2CCN(c3ncccn3)CC2)=N[C@@H]1c1ccc(Cl)cc1. The van der Waals surface area contributed by atoms with E-state index in [0.717, 1.165) is 5.56 Å². The standard InChI is InChI=1S/C21H23ClN6O3/c1-2-31-19(30)16-17(14-4-6-15(22)7-5-14)25-21(26-18(16)29)28-12-10-27(11-13-28)20-23-8-3-9-24-20/h3-9,16-17H,2,10-13H2,1H3,(H,25,26,29)/t16-,17+/m0/s1. The fraction of sp³-hybridized carbons (Fsp3) is 0.381. The van der Waals surface area contributed by atoms with Gasteiger partial charge in [-0.15, -0.1) is 0 Å². The van der Waals surface area contributed by atoms with Gasteiger partial charge in [0.1, 0.15) is 6.04 Å². The van der Waals surface area contributed by atoms with E-state index in [1.165, 1.54) is 0 Å². The third-order valence-electron chi connectivity index (χ3n) is 5.26. The quantitative estimate of drug-likeness (QED) is 0.567. The summed E-state index contributed by atoms with van der Waals surface area (Å²) in [6.07, 6.45) is 3.43. The van der Waals surface area contributed by atoms with E-state index in [4.69, 9.17) is 21.3 Å². The number of benzene rings is 1. The zero-order valence-electron chi connectivity index (χ0n) is 17.1. The van der Waals surface area contributed by atoms with Gasteiger partial charge < -0.3 is 14.5 Å². The molecule has 4 rings (SSSR count). The summed E-state index contributed by atoms with van der Waals surface area (Å²) in [5, 5.41) is 3.37. The van der Waals surface area contributed by atoms with Gasteiger partial charge in [0.25, 0.3) is 0 Å². The second-order valence-corrected chi connectivity index (χ2v) is 7.63. The van der Waals surface area contributed by atoms with Gasteiger partial charge in [-0.2, -0.15) is 0 Å². The maximum absolute atomic E-state index is 12.9. The van der Waals surface area contributed by atoms with Crippen molar-refractivity contribution >= 4 is 35.4 Å². The number of nitrogens with one attached hydrogen (secondary N) is 1. The molecule has 0 bridgehead atoms. The Morgan fingerprint density at radius 1 is 1.13 bits per heavy atom. The fourth-order valence-electron chi connectivity index (χ4n) is 3.70. The van der Waals surface area contributed by atoms with Crippen LogP contribution in [0.3, 0.4) is 0 Å². The van der Waals surface area contributed by atoms with Crippen molar-refractivity contribution in [3.05, 3.63) is 53.3 Å². The lowest BCUT2D eigenvalue weighted by Crippen LogP contribution is -2.57. The summed E-state index contributed by atoms with van der Waals surface area (Å²) in [4.78, 5) is 42.9. The van der Waals surface area contributed by atoms with Gasteiger partial charge in [-0.3, -0.25) is 14.9 Å². The topological polar surface area (TPSA) is 100 Å². The van der Waals surface area contributed by atoms with Crippen LogP contribution in [0.15, 0.2) is 47.7 Å². The number of piperazine rings is 1. The van der Waals surface area contributed by atoms with Crippen molar-refractivity contribution in [3.63, 3.8) is 0 Å². The molecule has 0 saturated carbocycles. The molecule has 2 aromatic rings. The molecule has 162 valence electrons. The largest absolute Gasteiger partial charge is 0.465 e. The number of anilines is 1. The van der Waals surface area contributed by atoms with Crippen LogP contribution in [0.2, 0.25) is 5.02 Å². The smallest absolute Gasteiger partial charge is 0.321 e. The van der Waals surface area contributed by atoms with E-state index in [1.807, 2.05) is 4.90 Å². The summed E-state index contributed by atoms with van der Waals surface area (Å²) in [5.74, 6) is -0.924. The highest BCUT2D eigenvalue weighted by atomic mass is 35.5. The molecule has 1 aromatic heterocycles. The summed E-state index contributed by atoms with van der Waals surface area (Å²) in [7, 11) is 0. The van der Waals surface area contributed by atoms with E-state index in [1.54, 1.807) is 49.6 Å². The van der Waals surface area contributed by atoms with Gasteiger partial charge in [0.15, 0.2) is 5.92 Å². The van der Waals surface area contributed by atoms with Gasteiger partial charge in [-0.1, -0.05) is 23.7 Å². The summed E-state index contributed by atoms with van der Waals surface area (Å²) in [6, 6.07) is 8.10. The van der Waals surface area contributed by atoms with Gasteiger partial charge in [-0.05, 0) is 30.7 Å². The minimum Gasteiger partial charge on any atom is -0.465 e. The number of hydrogen-bond acceptors (Lipinski definition) is 8. The van der Waals surface area contributed by atoms with Crippen LogP contribution in [-0.4, -0.2) is 65.5 Å². The molecule has 2 aliphatic rings. The molecule has 0 aliphatic carbocycles. The number of rotatable bonds is 4. The second-order valence-electron chi connectivity index (χ2n) is 7.19. The van der Waals surface area contributed by atoms with Crippen molar-refractivity contribution in [2.45, 2.75) is 13.0 Å². The number of halogens is 1. The van der Waals surface area contributed by atoms with E-state index in [-0.39, 0.29) is 6.61 Å². The van der Waals surface area contributed by atoms with Crippen LogP contribution in [0, 0.1) is 5.92 Å². The Balaban J connectivity index is 1.56. The van der Waals surface area contributed by atoms with Crippen molar-refractivity contribution in [2.24, 2.45) is 10.9 Å². The maximum atomic E-state index is 12.9. The van der Waals surface area contributed by atoms with Gasteiger partial charge in [-0.25, -0.2) is 15.0 Å². The van der Waals surface area contributed by atoms with Crippen LogP contribution >= 0.6 is 11.6 Å². The van der Waals surface area contributed by atoms with Gasteiger partial charge in [0.05, 0.1) is 6.61 Å². The highest BCUT2D eigenvalue weighted by Crippen LogP contribution is 2.31. The third-order valence-corrected chi connectivity index (χ3v) is 5.51. The van der Waals surface area contributed by atoms with Crippen LogP contribution in [0.1, 0.15) is 18.5 Å². The van der Waals surface area contributed by atoms with Crippen LogP contribution in [0.5, 0.6) is 0 Å². The number of ether oxygens (including phenoxy) is 1. The van der Waals surface area contributed by atoms with E-state index in [0.29, 0.717) is 43.1 Å². The first-order valence-electron chi connectivity index (χ1n) is 10.1. The van der Waals surface area contributed by atoms with Gasteiger partial charge >= 0.3 is 5.97 Å². The zero-order valence-corrected chi connectivity index (χ0v) is 17.8. The normalized spacial score (nSPS) is 21.4. The molecule has 31 heavy (non-hydrogen) atoms. The Kier molecular flexibility index (Phi) is 6.31. The average Bonchev–Trinajstić information content (AvgIpc) is 2.80. The van der Waals surface area contributed by atoms with Crippen LogP contribution < -0.4 is 10.2 Å². The van der Waals surface area contributed by atoms with E-state index < -0.39 is 23.8 Å². The predicted molar refractivity (Wildman–Crippen MR) is 116 cm³/mol. The number of aliphatic imine (C=N–C) groups is 1. The molecule has 10 heteroatoms. The second kappa shape index (κ2) is 9.30. The number of esters is 1. The van der Waals surface area contributed by atoms with Crippen LogP contribution in [-0.2, 0) is 14.3 Å². The minimum atomic E-state index is -1.05. The third kappa shape index (κ3) is 4.61. The Bertz CT molecular complexity index is 961. The van der Waals surface area contributed by atoms with Crippen molar-refractivity contribution in [3.8, 4) is 0 Å². The molecule has 1 aromatic carbocycles. The molecule has 1 N–H and O–H groups in total. The first kappa shape index (κ1) is 21.0. The molecule has 9 nitrogen and oxygen atoms in total. The predicted octanol–water partition coefficient (Wildman–Crippen LogP) is 1.66. The highest BCUT2D eigenvalue weighted by molar-refractivity contribution is 6.30. The summed E-state index contributed by atoms with van der Waals surface area (Å²) < 4.78 is 5.14. The number of guanidine groups is 1. The zero-order chi connectivity index (χ0) is 21.8. The molecule has 0 spiro atoms. The van der Waals surface area contributed by atoms with E-state index in [2.05, 4.69) is 20.2 Å². The molecule has 2 aliphatic heterocycles. The Labute approximate surface area is 185 Å². The first-order chi connectivity index (χ1) is 15.1. The summed E-state index contributed by atoms with van der Waals surface area (Å²) in [6.45, 7) is 4.54. The molecular weight excluding hydrogens is 420 g/mol. The molecule has 1 fully saturated rings. The van der Waals surface area contributed by atoms with Crippen molar-refractivity contribution in [1.29, 1.82) is 0 Å². The number of amides is 1. The average molecular weight is 443 g/mol. The van der Waals surface area contributed by atoms with E-state index in [9.17, 15) is 9.59 Å². The number of hydrogen-bond donors (Lipinski definition) is 1. The molecule has 0 radical (unpaired) electrons. The number of carbonyl (C=O) groups excluding carboxylic acids is 2. The van der Waals surface area contributed by atoms with Crippen molar-refractivity contribution in [2.75, 3.05) is 37.7 Å². The highest BCUT2D eigenvalue weighted by Gasteiger charge is 2.42. The van der Waals surface area contributed by atoms with E-state index >= 15 is 0 Å². The molecular formula is C21H23ClN6O3. The molecule has 1 saturated heterocycles. The molecule has 2 atom stereocenters. The molecule has 1 amide bonds. The lowest BCUT2D eigenvalue weighted by atomic mass is 9.91. The Morgan fingerprint density at radius 2 is 1.77 bits per heavy atom. The summed E-state index contributed by atoms with van der Waals surface area (Å²) >= 11 is 6.01. The summed E-state index contributed by atoms with van der Waals surface area (Å²) in [5.41, 5.74) is 0.728. The molecule has 3 heterocycles. The lowest BCUT2D eigenvalue weighted by molar-refractivity contribution is -0.153. The lowest BCUT2D eigenvalue weighted by Gasteiger charge is -2.38. The molecule has 0 unspecified atom stereocenters. The number of carbonyl (C=O) groups is 2. The monoisotopic (exact) mass is 442 g/mol. The van der Waals surface area contributed by atoms with Crippen molar-refractivity contribution in [1.82, 2.24) is 20.2 Å². The Hall–Kier alpha value is -3.20. The van der Waals surface area contributed by atoms with Gasteiger partial charge in [0, 0.05) is 43.6 Å². The minimum absolute atomic E-state index is 0.191. The number of aromatic nitrogens is 2. The fourth-order valence-corrected chi connectivity index (χ4v) is 3.82. The maximum Gasteiger partial charge on any atom is 0.321 e. The number of nitrogens with zero attached hydrogens (tertiary/aromatic N) is 5. The van der Waals surface area contributed by atoms with Crippen LogP contribution in [0.4, 0.5) is 5.95 Å². The van der Waals surface area contributed by atoms with Crippen molar-refractivity contribution < 1.29 is 14.3 Å². The Morgan fingerprint density at radius 3 is 2.42 bits per heavy atom. The van der Waals surface area contributed by atoms with Crippen LogP contribution in [0.25, 0.3) is 0 Å². The van der Waals surface area contributed by atoms with Gasteiger partial charge in [0.2, 0.25) is 17.8 Å². The first-order valence-corrected chi connectivity index (χ1v) is 10.5.